The molecule has 0 bridgehead atoms. The minimum atomic E-state index is -0.621. The Kier molecular flexibility index (Phi) is 3.60. The number of carbonyl (C=O) groups is 1. The molecule has 1 N–H and O–H groups in total. The number of rotatable bonds is 5. The van der Waals surface area contributed by atoms with Crippen LogP contribution in [0.25, 0.3) is 11.5 Å². The number of benzene rings is 1. The molecule has 0 aliphatic heterocycles. The molecule has 6 nitrogen and oxygen atoms in total. The number of amides is 1. The van der Waals surface area contributed by atoms with E-state index in [4.69, 9.17) is 4.42 Å². The highest BCUT2D eigenvalue weighted by Crippen LogP contribution is 2.36. The zero-order valence-electron chi connectivity index (χ0n) is 11.8. The van der Waals surface area contributed by atoms with Gasteiger partial charge in [0.25, 0.3) is 0 Å². The number of nitrogens with one attached hydrogen (secondary N) is 1. The van der Waals surface area contributed by atoms with E-state index in [1.807, 2.05) is 18.2 Å². The Labute approximate surface area is 121 Å². The van der Waals surface area contributed by atoms with E-state index in [2.05, 4.69) is 17.3 Å². The topological polar surface area (TPSA) is 77.1 Å². The Bertz CT molecular complexity index is 690. The van der Waals surface area contributed by atoms with Crippen molar-refractivity contribution in [1.29, 1.82) is 0 Å². The van der Waals surface area contributed by atoms with Gasteiger partial charge in [0.05, 0.1) is 0 Å². The first-order valence-electron chi connectivity index (χ1n) is 7.03. The van der Waals surface area contributed by atoms with Crippen molar-refractivity contribution in [3.8, 4) is 11.5 Å². The summed E-state index contributed by atoms with van der Waals surface area (Å²) < 4.78 is 6.12. The van der Waals surface area contributed by atoms with Gasteiger partial charge in [-0.25, -0.2) is 4.79 Å². The third-order valence-corrected chi connectivity index (χ3v) is 3.76. The Balaban J connectivity index is 1.64. The quantitative estimate of drug-likeness (QED) is 0.898. The van der Waals surface area contributed by atoms with E-state index in [0.29, 0.717) is 23.9 Å². The Morgan fingerprint density at radius 3 is 2.81 bits per heavy atom. The highest BCUT2D eigenvalue weighted by molar-refractivity contribution is 5.75. The van der Waals surface area contributed by atoms with Gasteiger partial charge in [-0.1, -0.05) is 25.1 Å². The van der Waals surface area contributed by atoms with E-state index in [-0.39, 0.29) is 18.3 Å². The second kappa shape index (κ2) is 5.55. The predicted octanol–water partition coefficient (Wildman–Crippen LogP) is 1.28. The van der Waals surface area contributed by atoms with Gasteiger partial charge in [-0.3, -0.25) is 4.79 Å². The second-order valence-electron chi connectivity index (χ2n) is 5.47. The Morgan fingerprint density at radius 2 is 2.14 bits per heavy atom. The lowest BCUT2D eigenvalue weighted by molar-refractivity contribution is -0.122. The van der Waals surface area contributed by atoms with E-state index in [0.717, 1.165) is 11.1 Å². The van der Waals surface area contributed by atoms with Crippen LogP contribution < -0.4 is 11.1 Å². The summed E-state index contributed by atoms with van der Waals surface area (Å²) in [4.78, 5) is 23.5. The van der Waals surface area contributed by atoms with Gasteiger partial charge in [0.2, 0.25) is 11.8 Å². The van der Waals surface area contributed by atoms with Crippen molar-refractivity contribution < 1.29 is 9.21 Å². The fraction of sp³-hybridized carbons (Fsp3) is 0.400. The summed E-state index contributed by atoms with van der Waals surface area (Å²) in [6, 6.07) is 9.12. The summed E-state index contributed by atoms with van der Waals surface area (Å²) in [7, 11) is 0. The van der Waals surface area contributed by atoms with Crippen LogP contribution in [-0.4, -0.2) is 22.2 Å². The maximum absolute atomic E-state index is 11.8. The lowest BCUT2D eigenvalue weighted by atomic mass is 10.2. The second-order valence-corrected chi connectivity index (χ2v) is 5.47. The third-order valence-electron chi connectivity index (χ3n) is 3.76. The Morgan fingerprint density at radius 1 is 1.43 bits per heavy atom. The normalized spacial score (nSPS) is 20.2. The number of hydrogen-bond acceptors (Lipinski definition) is 4. The van der Waals surface area contributed by atoms with Crippen LogP contribution in [0.4, 0.5) is 0 Å². The fourth-order valence-corrected chi connectivity index (χ4v) is 2.22. The van der Waals surface area contributed by atoms with Crippen molar-refractivity contribution in [3.63, 3.8) is 0 Å². The molecule has 1 fully saturated rings. The average Bonchev–Trinajstić information content (AvgIpc) is 3.08. The summed E-state index contributed by atoms with van der Waals surface area (Å²) >= 11 is 0. The average molecular weight is 287 g/mol. The van der Waals surface area contributed by atoms with Crippen molar-refractivity contribution in [1.82, 2.24) is 15.1 Å². The number of carbonyl (C=O) groups excluding carboxylic acids is 1. The van der Waals surface area contributed by atoms with Gasteiger partial charge in [0.1, 0.15) is 6.54 Å². The lowest BCUT2D eigenvalue weighted by Crippen LogP contribution is -2.32. The number of hydrogen-bond donors (Lipinski definition) is 1. The van der Waals surface area contributed by atoms with E-state index in [1.54, 1.807) is 12.1 Å². The van der Waals surface area contributed by atoms with Crippen molar-refractivity contribution in [3.05, 3.63) is 40.9 Å². The summed E-state index contributed by atoms with van der Waals surface area (Å²) in [5.74, 6) is 0.643. The molecule has 1 aromatic carbocycles. The van der Waals surface area contributed by atoms with Gasteiger partial charge in [-0.15, -0.1) is 5.10 Å². The molecule has 21 heavy (non-hydrogen) atoms. The smallest absolute Gasteiger partial charge is 0.388 e. The van der Waals surface area contributed by atoms with Crippen molar-refractivity contribution in [2.24, 2.45) is 11.8 Å². The minimum Gasteiger partial charge on any atom is -0.388 e. The van der Waals surface area contributed by atoms with Crippen LogP contribution in [0.5, 0.6) is 0 Å². The van der Waals surface area contributed by atoms with Gasteiger partial charge in [-0.2, -0.15) is 4.68 Å². The largest absolute Gasteiger partial charge is 0.437 e. The first-order valence-corrected chi connectivity index (χ1v) is 7.03. The van der Waals surface area contributed by atoms with E-state index >= 15 is 0 Å². The summed E-state index contributed by atoms with van der Waals surface area (Å²) in [6.07, 6.45) is 1.16. The van der Waals surface area contributed by atoms with Crippen LogP contribution >= 0.6 is 0 Å². The van der Waals surface area contributed by atoms with Crippen LogP contribution in [0.2, 0.25) is 0 Å². The Hall–Kier alpha value is -2.37. The molecule has 1 amide bonds. The van der Waals surface area contributed by atoms with Crippen LogP contribution in [0.3, 0.4) is 0 Å². The van der Waals surface area contributed by atoms with Crippen molar-refractivity contribution in [2.45, 2.75) is 19.9 Å². The molecule has 6 heteroatoms. The third kappa shape index (κ3) is 3.21. The van der Waals surface area contributed by atoms with Gasteiger partial charge in [0, 0.05) is 12.1 Å². The molecule has 0 spiro atoms. The zero-order valence-corrected chi connectivity index (χ0v) is 11.8. The minimum absolute atomic E-state index is 0.115. The molecule has 0 unspecified atom stereocenters. The van der Waals surface area contributed by atoms with Crippen LogP contribution in [0.1, 0.15) is 13.3 Å². The van der Waals surface area contributed by atoms with Gasteiger partial charge >= 0.3 is 5.76 Å². The molecule has 110 valence electrons. The molecule has 2 aromatic rings. The standard InChI is InChI=1S/C15H17N3O3/c1-10-7-12(10)8-16-13(19)9-18-15(20)21-14(17-18)11-5-3-2-4-6-11/h2-6,10,12H,7-9H2,1H3,(H,16,19)/t10-,12-/m1/s1. The van der Waals surface area contributed by atoms with E-state index in [1.165, 1.54) is 0 Å². The van der Waals surface area contributed by atoms with E-state index < -0.39 is 5.76 Å². The summed E-state index contributed by atoms with van der Waals surface area (Å²) in [5.41, 5.74) is 0.709. The van der Waals surface area contributed by atoms with Gasteiger partial charge in [0.15, 0.2) is 0 Å². The molecule has 0 radical (unpaired) electrons. The highest BCUT2D eigenvalue weighted by atomic mass is 16.4. The predicted molar refractivity (Wildman–Crippen MR) is 76.5 cm³/mol. The van der Waals surface area contributed by atoms with E-state index in [9.17, 15) is 9.59 Å². The maximum Gasteiger partial charge on any atom is 0.437 e. The monoisotopic (exact) mass is 287 g/mol. The molecular formula is C15H17N3O3. The summed E-state index contributed by atoms with van der Waals surface area (Å²) in [5, 5.41) is 6.87. The molecule has 3 rings (SSSR count). The molecule has 1 aliphatic carbocycles. The highest BCUT2D eigenvalue weighted by Gasteiger charge is 2.32. The molecular weight excluding hydrogens is 270 g/mol. The molecule has 1 aromatic heterocycles. The SMILES string of the molecule is C[C@@H]1C[C@@H]1CNC(=O)Cn1nc(-c2ccccc2)oc1=O. The van der Waals surface area contributed by atoms with Crippen LogP contribution in [-0.2, 0) is 11.3 Å². The van der Waals surface area contributed by atoms with Crippen LogP contribution in [0, 0.1) is 11.8 Å². The zero-order chi connectivity index (χ0) is 14.8. The van der Waals surface area contributed by atoms with Gasteiger partial charge in [-0.05, 0) is 30.4 Å². The van der Waals surface area contributed by atoms with Crippen molar-refractivity contribution >= 4 is 5.91 Å². The first-order chi connectivity index (χ1) is 10.1. The van der Waals surface area contributed by atoms with Crippen LogP contribution in [0.15, 0.2) is 39.5 Å². The molecule has 1 saturated carbocycles. The number of aromatic nitrogens is 2. The molecule has 1 aliphatic rings. The maximum atomic E-state index is 11.8. The number of nitrogens with zero attached hydrogens (tertiary/aromatic N) is 2. The first kappa shape index (κ1) is 13.6. The summed E-state index contributed by atoms with van der Waals surface area (Å²) in [6.45, 7) is 2.71. The fourth-order valence-electron chi connectivity index (χ4n) is 2.22. The molecule has 2 atom stereocenters. The molecule has 0 saturated heterocycles. The molecule has 1 heterocycles. The van der Waals surface area contributed by atoms with Gasteiger partial charge < -0.3 is 9.73 Å². The van der Waals surface area contributed by atoms with Crippen molar-refractivity contribution in [2.75, 3.05) is 6.54 Å². The lowest BCUT2D eigenvalue weighted by Gasteiger charge is -2.02.